The highest BCUT2D eigenvalue weighted by atomic mass is 16.1. The molecule has 0 aliphatic carbocycles. The Morgan fingerprint density at radius 1 is 1.67 bits per heavy atom. The molecule has 0 spiro atoms. The van der Waals surface area contributed by atoms with Gasteiger partial charge in [-0.15, -0.1) is 0 Å². The molecule has 1 aromatic heterocycles. The fourth-order valence-corrected chi connectivity index (χ4v) is 1.12. The van der Waals surface area contributed by atoms with Crippen LogP contribution in [0.5, 0.6) is 0 Å². The Morgan fingerprint density at radius 3 is 2.83 bits per heavy atom. The van der Waals surface area contributed by atoms with Gasteiger partial charge < -0.3 is 0 Å². The molecule has 1 rings (SSSR count). The first-order chi connectivity index (χ1) is 5.61. The topological polar surface area (TPSA) is 34.9 Å². The van der Waals surface area contributed by atoms with E-state index in [4.69, 9.17) is 0 Å². The largest absolute Gasteiger partial charge is 0.293 e. The molecule has 0 aliphatic heterocycles. The average Bonchev–Trinajstić information content (AvgIpc) is 2.33. The van der Waals surface area contributed by atoms with E-state index < -0.39 is 0 Å². The van der Waals surface area contributed by atoms with Gasteiger partial charge in [0.15, 0.2) is 5.78 Å². The van der Waals surface area contributed by atoms with Crippen LogP contribution in [0.2, 0.25) is 0 Å². The van der Waals surface area contributed by atoms with E-state index in [1.54, 1.807) is 23.9 Å². The molecule has 1 aromatic rings. The number of hydrogen-bond donors (Lipinski definition) is 0. The first-order valence-corrected chi connectivity index (χ1v) is 4.14. The normalized spacial score (nSPS) is 10.7. The summed E-state index contributed by atoms with van der Waals surface area (Å²) in [4.78, 5) is 11.0. The van der Waals surface area contributed by atoms with Gasteiger partial charge in [0.2, 0.25) is 0 Å². The predicted molar refractivity (Wildman–Crippen MR) is 47.1 cm³/mol. The summed E-state index contributed by atoms with van der Waals surface area (Å²) >= 11 is 0. The second kappa shape index (κ2) is 3.52. The minimum absolute atomic E-state index is 0.0770. The van der Waals surface area contributed by atoms with Crippen LogP contribution in [0, 0.1) is 5.92 Å². The maximum atomic E-state index is 11.0. The standard InChI is InChI=1S/C9H14N2O/c1-7(2)6-11-9(8(3)12)4-5-10-11/h4-5,7H,6H2,1-3H3. The molecule has 0 radical (unpaired) electrons. The van der Waals surface area contributed by atoms with Gasteiger partial charge in [-0.1, -0.05) is 13.8 Å². The first-order valence-electron chi connectivity index (χ1n) is 4.14. The van der Waals surface area contributed by atoms with Crippen molar-refractivity contribution < 1.29 is 4.79 Å². The molecule has 0 saturated heterocycles. The van der Waals surface area contributed by atoms with Gasteiger partial charge in [-0.25, -0.2) is 0 Å². The van der Waals surface area contributed by atoms with Crippen molar-refractivity contribution >= 4 is 5.78 Å². The minimum atomic E-state index is 0.0770. The molecule has 0 fully saturated rings. The Hall–Kier alpha value is -1.12. The van der Waals surface area contributed by atoms with Gasteiger partial charge in [-0.05, 0) is 12.0 Å². The molecular formula is C9H14N2O. The molecule has 0 unspecified atom stereocenters. The lowest BCUT2D eigenvalue weighted by Crippen LogP contribution is -2.11. The van der Waals surface area contributed by atoms with Crippen LogP contribution in [-0.2, 0) is 6.54 Å². The molecule has 0 aliphatic rings. The van der Waals surface area contributed by atoms with Crippen molar-refractivity contribution in [1.29, 1.82) is 0 Å². The average molecular weight is 166 g/mol. The summed E-state index contributed by atoms with van der Waals surface area (Å²) < 4.78 is 1.76. The Morgan fingerprint density at radius 2 is 2.33 bits per heavy atom. The summed E-state index contributed by atoms with van der Waals surface area (Å²) in [5, 5.41) is 4.07. The van der Waals surface area contributed by atoms with Gasteiger partial charge in [0.1, 0.15) is 5.69 Å². The van der Waals surface area contributed by atoms with Crippen molar-refractivity contribution in [1.82, 2.24) is 9.78 Å². The van der Waals surface area contributed by atoms with Crippen molar-refractivity contribution in [3.05, 3.63) is 18.0 Å². The summed E-state index contributed by atoms with van der Waals surface area (Å²) in [6.45, 7) is 6.58. The lowest BCUT2D eigenvalue weighted by molar-refractivity contribution is 0.100. The van der Waals surface area contributed by atoms with Gasteiger partial charge >= 0.3 is 0 Å². The van der Waals surface area contributed by atoms with Crippen LogP contribution in [0.25, 0.3) is 0 Å². The smallest absolute Gasteiger partial charge is 0.177 e. The van der Waals surface area contributed by atoms with E-state index in [1.807, 2.05) is 0 Å². The van der Waals surface area contributed by atoms with E-state index in [0.717, 1.165) is 6.54 Å². The third kappa shape index (κ3) is 1.94. The maximum absolute atomic E-state index is 11.0. The number of Topliss-reactive ketones (excluding diaryl/α,β-unsaturated/α-hetero) is 1. The monoisotopic (exact) mass is 166 g/mol. The van der Waals surface area contributed by atoms with Crippen molar-refractivity contribution in [3.8, 4) is 0 Å². The van der Waals surface area contributed by atoms with E-state index >= 15 is 0 Å². The molecule has 0 N–H and O–H groups in total. The number of carbonyl (C=O) groups excluding carboxylic acids is 1. The number of rotatable bonds is 3. The zero-order valence-corrected chi connectivity index (χ0v) is 7.74. The zero-order chi connectivity index (χ0) is 9.14. The molecule has 12 heavy (non-hydrogen) atoms. The highest BCUT2D eigenvalue weighted by molar-refractivity contribution is 5.92. The molecular weight excluding hydrogens is 152 g/mol. The molecule has 0 bridgehead atoms. The molecule has 66 valence electrons. The quantitative estimate of drug-likeness (QED) is 0.641. The van der Waals surface area contributed by atoms with E-state index in [-0.39, 0.29) is 5.78 Å². The first kappa shape index (κ1) is 8.97. The van der Waals surface area contributed by atoms with Crippen LogP contribution < -0.4 is 0 Å². The fraction of sp³-hybridized carbons (Fsp3) is 0.556. The minimum Gasteiger partial charge on any atom is -0.293 e. The Kier molecular flexibility index (Phi) is 2.63. The van der Waals surface area contributed by atoms with Crippen LogP contribution >= 0.6 is 0 Å². The van der Waals surface area contributed by atoms with Crippen LogP contribution in [0.15, 0.2) is 12.3 Å². The third-order valence-electron chi connectivity index (χ3n) is 1.62. The highest BCUT2D eigenvalue weighted by Gasteiger charge is 2.07. The van der Waals surface area contributed by atoms with Gasteiger partial charge in [0.25, 0.3) is 0 Å². The number of ketones is 1. The molecule has 3 nitrogen and oxygen atoms in total. The SMILES string of the molecule is CC(=O)c1ccnn1CC(C)C. The number of aromatic nitrogens is 2. The van der Waals surface area contributed by atoms with Gasteiger partial charge in [0.05, 0.1) is 0 Å². The fourth-order valence-electron chi connectivity index (χ4n) is 1.12. The lowest BCUT2D eigenvalue weighted by Gasteiger charge is -2.07. The molecule has 0 saturated carbocycles. The summed E-state index contributed by atoms with van der Waals surface area (Å²) in [6, 6.07) is 1.75. The van der Waals surface area contributed by atoms with Crippen LogP contribution in [-0.4, -0.2) is 15.6 Å². The Balaban J connectivity index is 2.84. The Labute approximate surface area is 72.4 Å². The molecule has 3 heteroatoms. The van der Waals surface area contributed by atoms with Gasteiger partial charge in [0, 0.05) is 19.7 Å². The summed E-state index contributed by atoms with van der Waals surface area (Å²) in [5.41, 5.74) is 0.698. The van der Waals surface area contributed by atoms with Gasteiger partial charge in [-0.3, -0.25) is 9.48 Å². The highest BCUT2D eigenvalue weighted by Crippen LogP contribution is 2.04. The number of hydrogen-bond acceptors (Lipinski definition) is 2. The maximum Gasteiger partial charge on any atom is 0.177 e. The second-order valence-corrected chi connectivity index (χ2v) is 3.35. The van der Waals surface area contributed by atoms with E-state index in [9.17, 15) is 4.79 Å². The van der Waals surface area contributed by atoms with Crippen LogP contribution in [0.4, 0.5) is 0 Å². The Bertz CT molecular complexity index is 276. The predicted octanol–water partition coefficient (Wildman–Crippen LogP) is 1.74. The van der Waals surface area contributed by atoms with Crippen molar-refractivity contribution in [2.75, 3.05) is 0 Å². The molecule has 0 amide bonds. The molecule has 1 heterocycles. The second-order valence-electron chi connectivity index (χ2n) is 3.35. The third-order valence-corrected chi connectivity index (χ3v) is 1.62. The van der Waals surface area contributed by atoms with E-state index in [1.165, 1.54) is 0 Å². The van der Waals surface area contributed by atoms with Gasteiger partial charge in [-0.2, -0.15) is 5.10 Å². The van der Waals surface area contributed by atoms with Crippen molar-refractivity contribution in [2.45, 2.75) is 27.3 Å². The molecule has 0 atom stereocenters. The zero-order valence-electron chi connectivity index (χ0n) is 7.74. The van der Waals surface area contributed by atoms with Crippen LogP contribution in [0.1, 0.15) is 31.3 Å². The molecule has 0 aromatic carbocycles. The van der Waals surface area contributed by atoms with E-state index in [2.05, 4.69) is 18.9 Å². The van der Waals surface area contributed by atoms with E-state index in [0.29, 0.717) is 11.6 Å². The van der Waals surface area contributed by atoms with Crippen molar-refractivity contribution in [2.24, 2.45) is 5.92 Å². The van der Waals surface area contributed by atoms with Crippen molar-refractivity contribution in [3.63, 3.8) is 0 Å². The summed E-state index contributed by atoms with van der Waals surface area (Å²) in [5.74, 6) is 0.594. The number of nitrogens with zero attached hydrogens (tertiary/aromatic N) is 2. The van der Waals surface area contributed by atoms with Crippen LogP contribution in [0.3, 0.4) is 0 Å². The number of carbonyl (C=O) groups is 1. The summed E-state index contributed by atoms with van der Waals surface area (Å²) in [7, 11) is 0. The lowest BCUT2D eigenvalue weighted by atomic mass is 10.2. The summed E-state index contributed by atoms with van der Waals surface area (Å²) in [6.07, 6.45) is 1.67.